The first-order valence-corrected chi connectivity index (χ1v) is 7.01. The fraction of sp³-hybridized carbons (Fsp3) is 0.643. The van der Waals surface area contributed by atoms with E-state index in [0.717, 1.165) is 29.7 Å². The van der Waals surface area contributed by atoms with Gasteiger partial charge in [0, 0.05) is 9.75 Å². The molecule has 1 aromatic heterocycles. The molecule has 0 fully saturated rings. The molecule has 0 amide bonds. The van der Waals surface area contributed by atoms with Crippen LogP contribution in [0.2, 0.25) is 0 Å². The number of rotatable bonds is 2. The van der Waals surface area contributed by atoms with Crippen molar-refractivity contribution in [1.82, 2.24) is 0 Å². The molecule has 0 saturated carbocycles. The molecule has 1 aliphatic rings. The molecule has 2 rings (SSSR count). The molecule has 1 heterocycles. The number of carboxylic acid groups (broad SMARTS) is 1. The van der Waals surface area contributed by atoms with Gasteiger partial charge in [-0.3, -0.25) is 0 Å². The van der Waals surface area contributed by atoms with Gasteiger partial charge >= 0.3 is 5.97 Å². The van der Waals surface area contributed by atoms with E-state index < -0.39 is 5.97 Å². The molecule has 0 spiro atoms. The second-order valence-corrected chi connectivity index (χ2v) is 7.18. The number of hydrogen-bond acceptors (Lipinski definition) is 2. The van der Waals surface area contributed by atoms with Gasteiger partial charge in [0.1, 0.15) is 0 Å². The van der Waals surface area contributed by atoms with Gasteiger partial charge in [-0.15, -0.1) is 11.3 Å². The molecule has 0 atom stereocenters. The first kappa shape index (κ1) is 12.6. The van der Waals surface area contributed by atoms with Crippen LogP contribution in [0, 0.1) is 5.41 Å². The van der Waals surface area contributed by atoms with Crippen LogP contribution in [0.5, 0.6) is 0 Å². The van der Waals surface area contributed by atoms with E-state index in [4.69, 9.17) is 0 Å². The average Bonchev–Trinajstić information content (AvgIpc) is 2.54. The second kappa shape index (κ2) is 4.13. The normalized spacial score (nSPS) is 18.2. The van der Waals surface area contributed by atoms with E-state index in [-0.39, 0.29) is 5.41 Å². The average molecular weight is 252 g/mol. The minimum Gasteiger partial charge on any atom is -0.478 e. The number of aryl methyl sites for hydroxylation is 1. The molecule has 17 heavy (non-hydrogen) atoms. The van der Waals surface area contributed by atoms with Crippen molar-refractivity contribution in [2.75, 3.05) is 0 Å². The van der Waals surface area contributed by atoms with E-state index >= 15 is 0 Å². The summed E-state index contributed by atoms with van der Waals surface area (Å²) in [6, 6.07) is 0. The largest absolute Gasteiger partial charge is 0.478 e. The summed E-state index contributed by atoms with van der Waals surface area (Å²) in [5.41, 5.74) is 1.96. The number of carboxylic acids is 1. The summed E-state index contributed by atoms with van der Waals surface area (Å²) in [5, 5.41) is 9.44. The zero-order valence-corrected chi connectivity index (χ0v) is 11.8. The number of aromatic carboxylic acids is 1. The van der Waals surface area contributed by atoms with Crippen LogP contribution in [0.15, 0.2) is 0 Å². The van der Waals surface area contributed by atoms with Gasteiger partial charge in [0.2, 0.25) is 0 Å². The molecular weight excluding hydrogens is 232 g/mol. The third-order valence-corrected chi connectivity index (χ3v) is 5.13. The number of carbonyl (C=O) groups is 1. The minimum absolute atomic E-state index is 0.243. The molecule has 1 N–H and O–H groups in total. The van der Waals surface area contributed by atoms with E-state index in [1.54, 1.807) is 11.3 Å². The zero-order valence-electron chi connectivity index (χ0n) is 11.0. The van der Waals surface area contributed by atoms with Crippen LogP contribution in [-0.4, -0.2) is 11.1 Å². The molecule has 0 saturated heterocycles. The summed E-state index contributed by atoms with van der Waals surface area (Å²) in [4.78, 5) is 13.8. The van der Waals surface area contributed by atoms with Gasteiger partial charge in [-0.25, -0.2) is 4.79 Å². The van der Waals surface area contributed by atoms with Gasteiger partial charge in [-0.1, -0.05) is 27.7 Å². The highest BCUT2D eigenvalue weighted by molar-refractivity contribution is 7.12. The highest BCUT2D eigenvalue weighted by Gasteiger charge is 2.32. The third kappa shape index (κ3) is 2.25. The Morgan fingerprint density at radius 2 is 2.06 bits per heavy atom. The van der Waals surface area contributed by atoms with Crippen molar-refractivity contribution in [3.63, 3.8) is 0 Å². The van der Waals surface area contributed by atoms with Crippen molar-refractivity contribution in [2.45, 2.75) is 52.9 Å². The number of thiophene rings is 1. The molecule has 2 nitrogen and oxygen atoms in total. The summed E-state index contributed by atoms with van der Waals surface area (Å²) in [7, 11) is 0. The topological polar surface area (TPSA) is 37.3 Å². The first-order valence-electron chi connectivity index (χ1n) is 6.19. The Balaban J connectivity index is 2.55. The molecule has 0 bridgehead atoms. The molecule has 94 valence electrons. The van der Waals surface area contributed by atoms with Crippen LogP contribution < -0.4 is 0 Å². The molecular formula is C14H20O2S. The van der Waals surface area contributed by atoms with E-state index in [1.807, 2.05) is 0 Å². The van der Waals surface area contributed by atoms with Crippen molar-refractivity contribution in [3.8, 4) is 0 Å². The van der Waals surface area contributed by atoms with Gasteiger partial charge in [0.05, 0.1) is 5.56 Å². The minimum atomic E-state index is -0.746. The quantitative estimate of drug-likeness (QED) is 0.861. The SMILES string of the molecule is CC(C)c1sc2c(c1C(=O)O)CC(C)(C)CC2. The maximum Gasteiger partial charge on any atom is 0.337 e. The lowest BCUT2D eigenvalue weighted by Gasteiger charge is -2.29. The molecule has 0 aromatic carbocycles. The standard InChI is InChI=1S/C14H20O2S/c1-8(2)12-11(13(15)16)9-7-14(3,4)6-5-10(9)17-12/h8H,5-7H2,1-4H3,(H,15,16). The molecule has 0 aliphatic heterocycles. The lowest BCUT2D eigenvalue weighted by molar-refractivity contribution is 0.0694. The zero-order chi connectivity index (χ0) is 12.8. The van der Waals surface area contributed by atoms with Crippen LogP contribution >= 0.6 is 11.3 Å². The summed E-state index contributed by atoms with van der Waals surface area (Å²) in [6.45, 7) is 8.62. The van der Waals surface area contributed by atoms with Crippen molar-refractivity contribution in [3.05, 3.63) is 20.9 Å². The van der Waals surface area contributed by atoms with Crippen LogP contribution in [0.1, 0.15) is 65.7 Å². The second-order valence-electron chi connectivity index (χ2n) is 6.04. The highest BCUT2D eigenvalue weighted by atomic mass is 32.1. The Morgan fingerprint density at radius 1 is 1.41 bits per heavy atom. The number of fused-ring (bicyclic) bond motifs is 1. The number of hydrogen-bond donors (Lipinski definition) is 1. The summed E-state index contributed by atoms with van der Waals surface area (Å²) < 4.78 is 0. The van der Waals surface area contributed by atoms with E-state index in [2.05, 4.69) is 27.7 Å². The predicted molar refractivity (Wildman–Crippen MR) is 71.2 cm³/mol. The van der Waals surface area contributed by atoms with E-state index in [9.17, 15) is 9.90 Å². The smallest absolute Gasteiger partial charge is 0.337 e. The fourth-order valence-electron chi connectivity index (χ4n) is 2.58. The van der Waals surface area contributed by atoms with Gasteiger partial charge in [-0.2, -0.15) is 0 Å². The van der Waals surface area contributed by atoms with Crippen LogP contribution in [0.25, 0.3) is 0 Å². The Kier molecular flexibility index (Phi) is 3.06. The van der Waals surface area contributed by atoms with Gasteiger partial charge in [0.15, 0.2) is 0 Å². The molecule has 3 heteroatoms. The monoisotopic (exact) mass is 252 g/mol. The summed E-state index contributed by atoms with van der Waals surface area (Å²) in [6.07, 6.45) is 3.12. The lowest BCUT2D eigenvalue weighted by atomic mass is 9.76. The van der Waals surface area contributed by atoms with Gasteiger partial charge in [0.25, 0.3) is 0 Å². The lowest BCUT2D eigenvalue weighted by Crippen LogP contribution is -2.22. The first-order chi connectivity index (χ1) is 7.82. The van der Waals surface area contributed by atoms with Gasteiger partial charge in [-0.05, 0) is 36.2 Å². The van der Waals surface area contributed by atoms with Crippen LogP contribution in [-0.2, 0) is 12.8 Å². The van der Waals surface area contributed by atoms with Crippen molar-refractivity contribution in [1.29, 1.82) is 0 Å². The van der Waals surface area contributed by atoms with Gasteiger partial charge < -0.3 is 5.11 Å². The summed E-state index contributed by atoms with van der Waals surface area (Å²) >= 11 is 1.72. The van der Waals surface area contributed by atoms with Crippen molar-refractivity contribution < 1.29 is 9.90 Å². The molecule has 1 aromatic rings. The Morgan fingerprint density at radius 3 is 2.59 bits per heavy atom. The van der Waals surface area contributed by atoms with Crippen molar-refractivity contribution >= 4 is 17.3 Å². The maximum absolute atomic E-state index is 11.5. The van der Waals surface area contributed by atoms with Crippen molar-refractivity contribution in [2.24, 2.45) is 5.41 Å². The molecule has 0 unspecified atom stereocenters. The van der Waals surface area contributed by atoms with E-state index in [0.29, 0.717) is 11.5 Å². The Labute approximate surface area is 107 Å². The van der Waals surface area contributed by atoms with Crippen LogP contribution in [0.3, 0.4) is 0 Å². The third-order valence-electron chi connectivity index (χ3n) is 3.54. The predicted octanol–water partition coefficient (Wildman–Crippen LogP) is 4.08. The molecule has 0 radical (unpaired) electrons. The van der Waals surface area contributed by atoms with E-state index in [1.165, 1.54) is 4.88 Å². The molecule has 1 aliphatic carbocycles. The Hall–Kier alpha value is -0.830. The fourth-order valence-corrected chi connectivity index (χ4v) is 3.90. The van der Waals surface area contributed by atoms with Crippen LogP contribution in [0.4, 0.5) is 0 Å². The summed E-state index contributed by atoms with van der Waals surface area (Å²) in [5.74, 6) is -0.441. The highest BCUT2D eigenvalue weighted by Crippen LogP contribution is 2.43. The maximum atomic E-state index is 11.5. The Bertz CT molecular complexity index is 455.